The molecule has 16 aromatic carbocycles. The number of hydrogen-bond donors (Lipinski definition) is 0. The fourth-order valence-electron chi connectivity index (χ4n) is 16.8. The lowest BCUT2D eigenvalue weighted by atomic mass is 9.67. The zero-order valence-electron chi connectivity index (χ0n) is 61.6. The standard InChI is InChI=1S/C105H84N4/c1-3-5-71-105(72-6-4-2,87-53-35-77(36-54-87)81-43-61-93(62-44-81)106(91-57-39-79(40-58-91)75-23-11-7-12-24-75)95-65-47-83(48-66-95)85-51-69-103-99(73-85)97-31-19-21-33-101(97)108(103)89-27-15-9-16-28-89)88-55-37-78(38-56-88)82-45-63-94(64-46-82)107(92-59-41-80(42-60-92)76-25-13-8-14-26-76)96-67-49-84(50-68-96)86-52-70-104-100(74-86)98-32-20-22-34-102(98)109(104)90-29-17-10-18-30-90/h7-70,73-74H,3-6,71-72H2,1-2H3. The highest BCUT2D eigenvalue weighted by molar-refractivity contribution is 6.12. The van der Waals surface area contributed by atoms with Gasteiger partial charge < -0.3 is 18.9 Å². The first-order valence-electron chi connectivity index (χ1n) is 38.6. The van der Waals surface area contributed by atoms with Crippen molar-refractivity contribution in [1.82, 2.24) is 9.13 Å². The molecule has 18 rings (SSSR count). The molecule has 0 atom stereocenters. The highest BCUT2D eigenvalue weighted by Crippen LogP contribution is 2.46. The summed E-state index contributed by atoms with van der Waals surface area (Å²) in [4.78, 5) is 4.77. The average Bonchev–Trinajstić information content (AvgIpc) is 1.62. The van der Waals surface area contributed by atoms with Crippen LogP contribution < -0.4 is 9.80 Å². The van der Waals surface area contributed by atoms with Crippen molar-refractivity contribution in [3.05, 3.63) is 412 Å². The lowest BCUT2D eigenvalue weighted by Gasteiger charge is -2.36. The molecular weight excluding hydrogens is 1320 g/mol. The third kappa shape index (κ3) is 13.2. The number of aromatic nitrogens is 2. The maximum atomic E-state index is 2.43. The van der Waals surface area contributed by atoms with Crippen LogP contribution in [0.4, 0.5) is 34.1 Å². The van der Waals surface area contributed by atoms with Crippen LogP contribution in [-0.2, 0) is 5.41 Å². The zero-order valence-corrected chi connectivity index (χ0v) is 61.6. The van der Waals surface area contributed by atoms with Crippen molar-refractivity contribution in [2.45, 2.75) is 57.8 Å². The zero-order chi connectivity index (χ0) is 73.0. The van der Waals surface area contributed by atoms with E-state index in [4.69, 9.17) is 0 Å². The van der Waals surface area contributed by atoms with Gasteiger partial charge in [0.25, 0.3) is 0 Å². The van der Waals surface area contributed by atoms with E-state index in [0.717, 1.165) is 84.0 Å². The second-order valence-electron chi connectivity index (χ2n) is 29.0. The van der Waals surface area contributed by atoms with Crippen LogP contribution in [0.1, 0.15) is 63.5 Å². The number of benzene rings is 16. The van der Waals surface area contributed by atoms with Crippen LogP contribution in [0, 0.1) is 0 Å². The molecule has 109 heavy (non-hydrogen) atoms. The molecule has 0 radical (unpaired) electrons. The average molecular weight is 1400 g/mol. The Morgan fingerprint density at radius 1 is 0.211 bits per heavy atom. The first-order chi connectivity index (χ1) is 53.9. The van der Waals surface area contributed by atoms with Crippen molar-refractivity contribution in [3.63, 3.8) is 0 Å². The summed E-state index contributed by atoms with van der Waals surface area (Å²) in [6, 6.07) is 148. The number of fused-ring (bicyclic) bond motifs is 6. The number of rotatable bonds is 22. The Hall–Kier alpha value is -13.3. The maximum absolute atomic E-state index is 2.43. The van der Waals surface area contributed by atoms with E-state index in [9.17, 15) is 0 Å². The third-order valence-electron chi connectivity index (χ3n) is 22.5. The van der Waals surface area contributed by atoms with E-state index in [0.29, 0.717) is 0 Å². The molecule has 0 unspecified atom stereocenters. The predicted octanol–water partition coefficient (Wildman–Crippen LogP) is 29.5. The van der Waals surface area contributed by atoms with Crippen LogP contribution in [0.25, 0.3) is 122 Å². The van der Waals surface area contributed by atoms with Crippen LogP contribution in [0.5, 0.6) is 0 Å². The molecule has 0 aliphatic carbocycles. The Kier molecular flexibility index (Phi) is 18.6. The molecule has 18 aromatic rings. The number of hydrogen-bond acceptors (Lipinski definition) is 2. The van der Waals surface area contributed by atoms with Gasteiger partial charge >= 0.3 is 0 Å². The first kappa shape index (κ1) is 67.6. The molecule has 0 N–H and O–H groups in total. The topological polar surface area (TPSA) is 16.3 Å². The molecule has 524 valence electrons. The monoisotopic (exact) mass is 1400 g/mol. The van der Waals surface area contributed by atoms with Gasteiger partial charge in [0.1, 0.15) is 0 Å². The van der Waals surface area contributed by atoms with E-state index < -0.39 is 0 Å². The molecule has 0 spiro atoms. The van der Waals surface area contributed by atoms with Gasteiger partial charge in [0.2, 0.25) is 0 Å². The van der Waals surface area contributed by atoms with Gasteiger partial charge in [-0.2, -0.15) is 0 Å². The molecule has 0 saturated carbocycles. The number of nitrogens with zero attached hydrogens (tertiary/aromatic N) is 4. The molecule has 2 aromatic heterocycles. The van der Waals surface area contributed by atoms with Gasteiger partial charge in [-0.1, -0.05) is 306 Å². The van der Waals surface area contributed by atoms with Crippen LogP contribution >= 0.6 is 0 Å². The van der Waals surface area contributed by atoms with E-state index in [1.165, 1.54) is 122 Å². The minimum Gasteiger partial charge on any atom is -0.311 e. The molecule has 0 aliphatic rings. The van der Waals surface area contributed by atoms with Gasteiger partial charge in [0, 0.05) is 72.5 Å². The Labute approximate surface area is 640 Å². The first-order valence-corrected chi connectivity index (χ1v) is 38.6. The van der Waals surface area contributed by atoms with Crippen molar-refractivity contribution in [1.29, 1.82) is 0 Å². The van der Waals surface area contributed by atoms with Gasteiger partial charge in [-0.25, -0.2) is 0 Å². The molecule has 4 heteroatoms. The molecule has 0 amide bonds. The van der Waals surface area contributed by atoms with E-state index in [2.05, 4.69) is 433 Å². The van der Waals surface area contributed by atoms with Crippen molar-refractivity contribution >= 4 is 77.7 Å². The van der Waals surface area contributed by atoms with Crippen LogP contribution in [0.15, 0.2) is 400 Å². The molecule has 0 saturated heterocycles. The Morgan fingerprint density at radius 3 is 0.734 bits per heavy atom. The molecule has 0 aliphatic heterocycles. The largest absolute Gasteiger partial charge is 0.311 e. The summed E-state index contributed by atoms with van der Waals surface area (Å²) in [6.45, 7) is 4.66. The maximum Gasteiger partial charge on any atom is 0.0541 e. The van der Waals surface area contributed by atoms with E-state index >= 15 is 0 Å². The highest BCUT2D eigenvalue weighted by atomic mass is 15.1. The summed E-state index contributed by atoms with van der Waals surface area (Å²) >= 11 is 0. The van der Waals surface area contributed by atoms with Gasteiger partial charge in [-0.3, -0.25) is 0 Å². The Morgan fingerprint density at radius 2 is 0.440 bits per heavy atom. The predicted molar refractivity (Wildman–Crippen MR) is 463 cm³/mol. The van der Waals surface area contributed by atoms with Crippen LogP contribution in [0.2, 0.25) is 0 Å². The minimum atomic E-state index is -0.139. The lowest BCUT2D eigenvalue weighted by Crippen LogP contribution is -2.28. The fraction of sp³-hybridized carbons (Fsp3) is 0.0857. The van der Waals surface area contributed by atoms with Crippen molar-refractivity contribution < 1.29 is 0 Å². The van der Waals surface area contributed by atoms with Crippen molar-refractivity contribution in [3.8, 4) is 78.1 Å². The Bertz CT molecular complexity index is 5760. The number of unbranched alkanes of at least 4 members (excludes halogenated alkanes) is 2. The molecular formula is C105H84N4. The summed E-state index contributed by atoms with van der Waals surface area (Å²) in [6.07, 6.45) is 6.73. The van der Waals surface area contributed by atoms with Gasteiger partial charge in [-0.15, -0.1) is 0 Å². The molecule has 2 heterocycles. The number of anilines is 6. The summed E-state index contributed by atoms with van der Waals surface area (Å²) in [5.74, 6) is 0. The fourth-order valence-corrected chi connectivity index (χ4v) is 16.8. The summed E-state index contributed by atoms with van der Waals surface area (Å²) < 4.78 is 4.76. The van der Waals surface area contributed by atoms with E-state index in [-0.39, 0.29) is 5.41 Å². The summed E-state index contributed by atoms with van der Waals surface area (Å²) in [7, 11) is 0. The quantitative estimate of drug-likeness (QED) is 0.0672. The highest BCUT2D eigenvalue weighted by Gasteiger charge is 2.34. The van der Waals surface area contributed by atoms with Crippen molar-refractivity contribution in [2.75, 3.05) is 9.80 Å². The number of para-hydroxylation sites is 4. The van der Waals surface area contributed by atoms with E-state index in [1.807, 2.05) is 0 Å². The molecule has 0 fully saturated rings. The minimum absolute atomic E-state index is 0.139. The van der Waals surface area contributed by atoms with Crippen LogP contribution in [0.3, 0.4) is 0 Å². The second-order valence-corrected chi connectivity index (χ2v) is 29.0. The SMILES string of the molecule is CCCCC(CCCC)(c1ccc(-c2ccc(N(c3ccc(-c4ccccc4)cc3)c3ccc(-c4ccc5c(c4)c4ccccc4n5-c4ccccc4)cc3)cc2)cc1)c1ccc(-c2ccc(N(c3ccc(-c4ccccc4)cc3)c3ccc(-c4ccc5c(c4)c4ccccc4n5-c4ccccc4)cc3)cc2)cc1. The summed E-state index contributed by atoms with van der Waals surface area (Å²) in [5.41, 5.74) is 30.6. The van der Waals surface area contributed by atoms with Crippen molar-refractivity contribution in [2.24, 2.45) is 0 Å². The van der Waals surface area contributed by atoms with Gasteiger partial charge in [0.05, 0.1) is 22.1 Å². The third-order valence-corrected chi connectivity index (χ3v) is 22.5. The van der Waals surface area contributed by atoms with Gasteiger partial charge in [-0.05, 0) is 224 Å². The van der Waals surface area contributed by atoms with Gasteiger partial charge in [0.15, 0.2) is 0 Å². The second kappa shape index (κ2) is 29.9. The smallest absolute Gasteiger partial charge is 0.0541 e. The van der Waals surface area contributed by atoms with Crippen LogP contribution in [-0.4, -0.2) is 9.13 Å². The Balaban J connectivity index is 0.622. The molecule has 4 nitrogen and oxygen atoms in total. The molecule has 0 bridgehead atoms. The summed E-state index contributed by atoms with van der Waals surface area (Å²) in [5, 5.41) is 4.98. The normalized spacial score (nSPS) is 11.6. The lowest BCUT2D eigenvalue weighted by molar-refractivity contribution is 0.406. The van der Waals surface area contributed by atoms with E-state index in [1.54, 1.807) is 0 Å².